The average Bonchev–Trinajstić information content (AvgIpc) is 3.24. The second-order valence-electron chi connectivity index (χ2n) is 6.73. The van der Waals surface area contributed by atoms with Gasteiger partial charge in [0.15, 0.2) is 12.2 Å². The van der Waals surface area contributed by atoms with Crippen LogP contribution in [0.25, 0.3) is 0 Å². The number of esters is 1. The second-order valence-corrected chi connectivity index (χ2v) is 7.55. The van der Waals surface area contributed by atoms with E-state index in [4.69, 9.17) is 27.9 Å². The summed E-state index contributed by atoms with van der Waals surface area (Å²) in [4.78, 5) is 26.3. The second kappa shape index (κ2) is 7.52. The standard InChI is InChI=1S/C18H21Cl2NO4/c19-13-6-5-12(10-14(13)20)15-4-3-9-21(15)16(22)11-25-17(23)18(24)7-1-2-8-18/h5-6,10,15,24H,1-4,7-9,11H2/t15-/m1/s1. The lowest BCUT2D eigenvalue weighted by molar-refractivity contribution is -0.168. The third kappa shape index (κ3) is 3.94. The number of halogens is 2. The molecule has 0 bridgehead atoms. The van der Waals surface area contributed by atoms with Gasteiger partial charge in [0.2, 0.25) is 0 Å². The van der Waals surface area contributed by atoms with E-state index in [1.165, 1.54) is 0 Å². The molecule has 1 N–H and O–H groups in total. The Morgan fingerprint density at radius 1 is 1.20 bits per heavy atom. The lowest BCUT2D eigenvalue weighted by Crippen LogP contribution is -2.40. The summed E-state index contributed by atoms with van der Waals surface area (Å²) in [5.74, 6) is -0.952. The topological polar surface area (TPSA) is 66.8 Å². The van der Waals surface area contributed by atoms with Gasteiger partial charge in [0.05, 0.1) is 16.1 Å². The van der Waals surface area contributed by atoms with Crippen molar-refractivity contribution in [2.75, 3.05) is 13.2 Å². The highest BCUT2D eigenvalue weighted by molar-refractivity contribution is 6.42. The van der Waals surface area contributed by atoms with E-state index in [9.17, 15) is 14.7 Å². The molecule has 1 atom stereocenters. The van der Waals surface area contributed by atoms with Crippen LogP contribution in [0.2, 0.25) is 10.0 Å². The number of likely N-dealkylation sites (tertiary alicyclic amines) is 1. The Balaban J connectivity index is 1.62. The van der Waals surface area contributed by atoms with Crippen LogP contribution >= 0.6 is 23.2 Å². The molecule has 1 heterocycles. The molecule has 2 aliphatic rings. The van der Waals surface area contributed by atoms with Gasteiger partial charge in [0, 0.05) is 6.54 Å². The van der Waals surface area contributed by atoms with Gasteiger partial charge in [-0.3, -0.25) is 4.79 Å². The minimum Gasteiger partial charge on any atom is -0.453 e. The van der Waals surface area contributed by atoms with Gasteiger partial charge in [-0.25, -0.2) is 4.79 Å². The van der Waals surface area contributed by atoms with Crippen LogP contribution in [-0.4, -0.2) is 40.6 Å². The van der Waals surface area contributed by atoms with Crippen LogP contribution in [-0.2, 0) is 14.3 Å². The van der Waals surface area contributed by atoms with E-state index in [0.717, 1.165) is 31.2 Å². The molecule has 136 valence electrons. The molecule has 1 aliphatic carbocycles. The number of carbonyl (C=O) groups is 2. The quantitative estimate of drug-likeness (QED) is 0.805. The van der Waals surface area contributed by atoms with Crippen LogP contribution in [0.15, 0.2) is 18.2 Å². The van der Waals surface area contributed by atoms with Gasteiger partial charge in [-0.15, -0.1) is 0 Å². The zero-order valence-electron chi connectivity index (χ0n) is 13.8. The molecule has 0 unspecified atom stereocenters. The zero-order chi connectivity index (χ0) is 18.0. The maximum Gasteiger partial charge on any atom is 0.338 e. The van der Waals surface area contributed by atoms with Crippen molar-refractivity contribution in [2.24, 2.45) is 0 Å². The van der Waals surface area contributed by atoms with E-state index in [2.05, 4.69) is 0 Å². The van der Waals surface area contributed by atoms with E-state index in [1.54, 1.807) is 17.0 Å². The fraction of sp³-hybridized carbons (Fsp3) is 0.556. The van der Waals surface area contributed by atoms with E-state index >= 15 is 0 Å². The Kier molecular flexibility index (Phi) is 5.56. The first-order chi connectivity index (χ1) is 11.9. The molecule has 5 nitrogen and oxygen atoms in total. The summed E-state index contributed by atoms with van der Waals surface area (Å²) >= 11 is 12.0. The van der Waals surface area contributed by atoms with E-state index in [0.29, 0.717) is 29.4 Å². The van der Waals surface area contributed by atoms with Crippen molar-refractivity contribution < 1.29 is 19.4 Å². The molecule has 1 saturated carbocycles. The third-order valence-corrected chi connectivity index (χ3v) is 5.78. The third-order valence-electron chi connectivity index (χ3n) is 5.04. The zero-order valence-corrected chi connectivity index (χ0v) is 15.4. The minimum atomic E-state index is -1.42. The fourth-order valence-electron chi connectivity index (χ4n) is 3.64. The largest absolute Gasteiger partial charge is 0.453 e. The molecule has 1 aliphatic heterocycles. The Morgan fingerprint density at radius 3 is 2.60 bits per heavy atom. The smallest absolute Gasteiger partial charge is 0.338 e. The van der Waals surface area contributed by atoms with Crippen LogP contribution in [0.4, 0.5) is 0 Å². The predicted molar refractivity (Wildman–Crippen MR) is 94.5 cm³/mol. The van der Waals surface area contributed by atoms with E-state index in [1.807, 2.05) is 6.07 Å². The van der Waals surface area contributed by atoms with Crippen LogP contribution in [0.1, 0.15) is 50.1 Å². The summed E-state index contributed by atoms with van der Waals surface area (Å²) in [7, 11) is 0. The van der Waals surface area contributed by atoms with Gasteiger partial charge >= 0.3 is 5.97 Å². The molecular formula is C18H21Cl2NO4. The maximum atomic E-state index is 12.5. The summed E-state index contributed by atoms with van der Waals surface area (Å²) in [6.45, 7) is 0.254. The number of aliphatic hydroxyl groups is 1. The van der Waals surface area contributed by atoms with Gasteiger partial charge in [0.1, 0.15) is 0 Å². The maximum absolute atomic E-state index is 12.5. The van der Waals surface area contributed by atoms with Gasteiger partial charge in [-0.05, 0) is 56.2 Å². The molecule has 2 fully saturated rings. The molecule has 1 saturated heterocycles. The number of ether oxygens (including phenoxy) is 1. The molecule has 1 amide bonds. The summed E-state index contributed by atoms with van der Waals surface area (Å²) in [5, 5.41) is 11.1. The Bertz CT molecular complexity index is 673. The molecule has 1 aromatic carbocycles. The first kappa shape index (κ1) is 18.5. The molecule has 7 heteroatoms. The molecule has 25 heavy (non-hydrogen) atoms. The van der Waals surface area contributed by atoms with Crippen LogP contribution < -0.4 is 0 Å². The Morgan fingerprint density at radius 2 is 1.92 bits per heavy atom. The summed E-state index contributed by atoms with van der Waals surface area (Å²) in [5.41, 5.74) is -0.505. The molecule has 0 aromatic heterocycles. The molecule has 1 aromatic rings. The first-order valence-corrected chi connectivity index (χ1v) is 9.30. The highest BCUT2D eigenvalue weighted by atomic mass is 35.5. The Hall–Kier alpha value is -1.30. The van der Waals surface area contributed by atoms with E-state index < -0.39 is 11.6 Å². The number of hydrogen-bond acceptors (Lipinski definition) is 4. The monoisotopic (exact) mass is 385 g/mol. The number of benzene rings is 1. The first-order valence-electron chi connectivity index (χ1n) is 8.55. The average molecular weight is 386 g/mol. The highest BCUT2D eigenvalue weighted by Gasteiger charge is 2.41. The minimum absolute atomic E-state index is 0.101. The summed E-state index contributed by atoms with van der Waals surface area (Å²) in [6.07, 6.45) is 4.08. The molecular weight excluding hydrogens is 365 g/mol. The SMILES string of the molecule is O=C(COC(=O)C1(O)CCCC1)N1CCC[C@@H]1c1ccc(Cl)c(Cl)c1. The predicted octanol–water partition coefficient (Wildman–Crippen LogP) is 3.51. The number of carbonyl (C=O) groups excluding carboxylic acids is 2. The summed E-state index contributed by atoms with van der Waals surface area (Å²) in [6, 6.07) is 5.25. The van der Waals surface area contributed by atoms with Crippen LogP contribution in [0.3, 0.4) is 0 Å². The van der Waals surface area contributed by atoms with Crippen molar-refractivity contribution in [3.8, 4) is 0 Å². The lowest BCUT2D eigenvalue weighted by atomic mass is 10.0. The van der Waals surface area contributed by atoms with Gasteiger partial charge < -0.3 is 14.7 Å². The lowest BCUT2D eigenvalue weighted by Gasteiger charge is -2.26. The van der Waals surface area contributed by atoms with Crippen LogP contribution in [0, 0.1) is 0 Å². The van der Waals surface area contributed by atoms with Crippen LogP contribution in [0.5, 0.6) is 0 Å². The molecule has 0 spiro atoms. The van der Waals surface area contributed by atoms with Crippen molar-refractivity contribution in [3.63, 3.8) is 0 Å². The van der Waals surface area contributed by atoms with Gasteiger partial charge in [-0.1, -0.05) is 29.3 Å². The number of nitrogens with zero attached hydrogens (tertiary/aromatic N) is 1. The summed E-state index contributed by atoms with van der Waals surface area (Å²) < 4.78 is 5.10. The van der Waals surface area contributed by atoms with Gasteiger partial charge in [-0.2, -0.15) is 0 Å². The van der Waals surface area contributed by atoms with Crippen molar-refractivity contribution in [1.29, 1.82) is 0 Å². The highest BCUT2D eigenvalue weighted by Crippen LogP contribution is 2.35. The molecule has 0 radical (unpaired) electrons. The fourth-order valence-corrected chi connectivity index (χ4v) is 3.95. The van der Waals surface area contributed by atoms with Crippen molar-refractivity contribution >= 4 is 35.1 Å². The number of hydrogen-bond donors (Lipinski definition) is 1. The number of rotatable bonds is 4. The number of amides is 1. The van der Waals surface area contributed by atoms with Crippen molar-refractivity contribution in [1.82, 2.24) is 4.90 Å². The normalized spacial score (nSPS) is 22.2. The Labute approximate surface area is 156 Å². The van der Waals surface area contributed by atoms with E-state index in [-0.39, 0.29) is 18.6 Å². The molecule has 3 rings (SSSR count). The van der Waals surface area contributed by atoms with Crippen molar-refractivity contribution in [3.05, 3.63) is 33.8 Å². The van der Waals surface area contributed by atoms with Gasteiger partial charge in [0.25, 0.3) is 5.91 Å². The van der Waals surface area contributed by atoms with Crippen molar-refractivity contribution in [2.45, 2.75) is 50.2 Å².